The summed E-state index contributed by atoms with van der Waals surface area (Å²) in [5, 5.41) is 13.6. The number of hydrogen-bond donors (Lipinski definition) is 1. The number of aliphatic hydroxyl groups is 1. The number of nitrogens with zero attached hydrogens (tertiary/aromatic N) is 3. The van der Waals surface area contributed by atoms with E-state index in [1.165, 1.54) is 6.33 Å². The summed E-state index contributed by atoms with van der Waals surface area (Å²) in [7, 11) is -3.16. The lowest BCUT2D eigenvalue weighted by molar-refractivity contribution is 0.193. The molecule has 0 saturated carbocycles. The van der Waals surface area contributed by atoms with Gasteiger partial charge in [0.2, 0.25) is 0 Å². The van der Waals surface area contributed by atoms with Crippen molar-refractivity contribution in [2.24, 2.45) is 0 Å². The minimum absolute atomic E-state index is 0.215. The fourth-order valence-corrected chi connectivity index (χ4v) is 2.28. The number of aromatic nitrogens is 3. The average Bonchev–Trinajstić information content (AvgIpc) is 2.50. The Morgan fingerprint density at radius 2 is 2.25 bits per heavy atom. The minimum atomic E-state index is -3.16. The van der Waals surface area contributed by atoms with E-state index < -0.39 is 15.9 Å². The number of aliphatic hydroxyl groups excluding tert-OH is 1. The van der Waals surface area contributed by atoms with E-state index in [1.807, 2.05) is 6.92 Å². The van der Waals surface area contributed by atoms with Gasteiger partial charge in [-0.3, -0.25) is 4.68 Å². The molecule has 6 nitrogen and oxygen atoms in total. The lowest BCUT2D eigenvalue weighted by atomic mass is 10.3. The number of hydrogen-bond acceptors (Lipinski definition) is 5. The van der Waals surface area contributed by atoms with Crippen LogP contribution in [0.3, 0.4) is 0 Å². The summed E-state index contributed by atoms with van der Waals surface area (Å²) in [6.07, 6.45) is 2.73. The first-order chi connectivity index (χ1) is 7.42. The van der Waals surface area contributed by atoms with Crippen LogP contribution < -0.4 is 0 Å². The largest absolute Gasteiger partial charge is 0.392 e. The summed E-state index contributed by atoms with van der Waals surface area (Å²) in [4.78, 5) is 4.00. The van der Waals surface area contributed by atoms with Gasteiger partial charge in [0.25, 0.3) is 0 Å². The zero-order chi connectivity index (χ0) is 12.2. The number of sulfone groups is 1. The summed E-state index contributed by atoms with van der Waals surface area (Å²) in [6.45, 7) is 2.74. The third kappa shape index (κ3) is 4.28. The average molecular weight is 247 g/mol. The molecule has 0 aromatic carbocycles. The molecule has 1 atom stereocenters. The molecule has 0 bridgehead atoms. The Morgan fingerprint density at radius 1 is 1.56 bits per heavy atom. The van der Waals surface area contributed by atoms with Crippen LogP contribution in [0, 0.1) is 0 Å². The van der Waals surface area contributed by atoms with Crippen LogP contribution in [0.2, 0.25) is 0 Å². The predicted octanol–water partition coefficient (Wildman–Crippen LogP) is -0.364. The SMILES string of the molecule is CCCn1ncnc1CC(O)CS(C)(=O)=O. The molecule has 1 aromatic rings. The van der Waals surface area contributed by atoms with Crippen molar-refractivity contribution in [1.29, 1.82) is 0 Å². The molecule has 1 rings (SSSR count). The van der Waals surface area contributed by atoms with Crippen molar-refractivity contribution in [3.05, 3.63) is 12.2 Å². The van der Waals surface area contributed by atoms with Crippen molar-refractivity contribution in [1.82, 2.24) is 14.8 Å². The number of rotatable bonds is 6. The van der Waals surface area contributed by atoms with Crippen LogP contribution in [0.25, 0.3) is 0 Å². The van der Waals surface area contributed by atoms with Crippen molar-refractivity contribution in [3.63, 3.8) is 0 Å². The third-order valence-corrected chi connectivity index (χ3v) is 3.03. The van der Waals surface area contributed by atoms with Crippen LogP contribution in [-0.2, 0) is 22.8 Å². The topological polar surface area (TPSA) is 85.1 Å². The van der Waals surface area contributed by atoms with Crippen LogP contribution in [0.15, 0.2) is 6.33 Å². The van der Waals surface area contributed by atoms with Gasteiger partial charge in [0, 0.05) is 19.2 Å². The van der Waals surface area contributed by atoms with Gasteiger partial charge >= 0.3 is 0 Å². The molecule has 7 heteroatoms. The van der Waals surface area contributed by atoms with E-state index in [9.17, 15) is 13.5 Å². The lowest BCUT2D eigenvalue weighted by Crippen LogP contribution is -2.24. The van der Waals surface area contributed by atoms with Gasteiger partial charge in [-0.15, -0.1) is 0 Å². The highest BCUT2D eigenvalue weighted by atomic mass is 32.2. The smallest absolute Gasteiger partial charge is 0.150 e. The van der Waals surface area contributed by atoms with Crippen LogP contribution in [0.5, 0.6) is 0 Å². The van der Waals surface area contributed by atoms with Crippen LogP contribution in [0.1, 0.15) is 19.2 Å². The zero-order valence-electron chi connectivity index (χ0n) is 9.50. The summed E-state index contributed by atoms with van der Waals surface area (Å²) in [5.41, 5.74) is 0. The highest BCUT2D eigenvalue weighted by Crippen LogP contribution is 2.02. The maximum atomic E-state index is 11.0. The fraction of sp³-hybridized carbons (Fsp3) is 0.778. The van der Waals surface area contributed by atoms with Gasteiger partial charge in [-0.2, -0.15) is 5.10 Å². The maximum Gasteiger partial charge on any atom is 0.150 e. The molecule has 16 heavy (non-hydrogen) atoms. The third-order valence-electron chi connectivity index (χ3n) is 2.04. The number of aryl methyl sites for hydroxylation is 1. The Bertz CT molecular complexity index is 427. The minimum Gasteiger partial charge on any atom is -0.392 e. The molecule has 1 aromatic heterocycles. The molecular formula is C9H17N3O3S. The van der Waals surface area contributed by atoms with Gasteiger partial charge in [-0.25, -0.2) is 13.4 Å². The molecular weight excluding hydrogens is 230 g/mol. The van der Waals surface area contributed by atoms with E-state index in [4.69, 9.17) is 0 Å². The van der Waals surface area contributed by atoms with E-state index >= 15 is 0 Å². The zero-order valence-corrected chi connectivity index (χ0v) is 10.3. The molecule has 1 heterocycles. The Hall–Kier alpha value is -0.950. The molecule has 0 saturated heterocycles. The quantitative estimate of drug-likeness (QED) is 0.741. The normalized spacial score (nSPS) is 13.9. The second-order valence-corrected chi connectivity index (χ2v) is 6.03. The molecule has 1 N–H and O–H groups in total. The Morgan fingerprint density at radius 3 is 2.81 bits per heavy atom. The second kappa shape index (κ2) is 5.40. The molecule has 0 spiro atoms. The van der Waals surface area contributed by atoms with Gasteiger partial charge in [0.1, 0.15) is 22.0 Å². The molecule has 0 amide bonds. The van der Waals surface area contributed by atoms with Crippen LogP contribution in [0.4, 0.5) is 0 Å². The highest BCUT2D eigenvalue weighted by molar-refractivity contribution is 7.90. The first-order valence-corrected chi connectivity index (χ1v) is 7.21. The van der Waals surface area contributed by atoms with Crippen molar-refractivity contribution in [2.75, 3.05) is 12.0 Å². The Balaban J connectivity index is 2.62. The van der Waals surface area contributed by atoms with Gasteiger partial charge in [-0.05, 0) is 6.42 Å². The van der Waals surface area contributed by atoms with Gasteiger partial charge in [-0.1, -0.05) is 6.92 Å². The van der Waals surface area contributed by atoms with Gasteiger partial charge in [0.15, 0.2) is 0 Å². The van der Waals surface area contributed by atoms with E-state index in [2.05, 4.69) is 10.1 Å². The van der Waals surface area contributed by atoms with E-state index in [-0.39, 0.29) is 12.2 Å². The van der Waals surface area contributed by atoms with Crippen molar-refractivity contribution in [3.8, 4) is 0 Å². The molecule has 0 aliphatic rings. The molecule has 0 aliphatic carbocycles. The summed E-state index contributed by atoms with van der Waals surface area (Å²) in [5.74, 6) is 0.379. The summed E-state index contributed by atoms with van der Waals surface area (Å²) >= 11 is 0. The lowest BCUT2D eigenvalue weighted by Gasteiger charge is -2.09. The standard InChI is InChI=1S/C9H17N3O3S/c1-3-4-12-9(10-7-11-12)5-8(13)6-16(2,14)15/h7-8,13H,3-6H2,1-2H3. The summed E-state index contributed by atoms with van der Waals surface area (Å²) in [6, 6.07) is 0. The molecule has 92 valence electrons. The first kappa shape index (κ1) is 13.1. The first-order valence-electron chi connectivity index (χ1n) is 5.15. The Kier molecular flexibility index (Phi) is 4.43. The van der Waals surface area contributed by atoms with E-state index in [1.54, 1.807) is 4.68 Å². The van der Waals surface area contributed by atoms with Crippen molar-refractivity contribution < 1.29 is 13.5 Å². The van der Waals surface area contributed by atoms with E-state index in [0.29, 0.717) is 5.82 Å². The molecule has 1 unspecified atom stereocenters. The summed E-state index contributed by atoms with van der Waals surface area (Å²) < 4.78 is 23.6. The van der Waals surface area contributed by atoms with Crippen molar-refractivity contribution in [2.45, 2.75) is 32.4 Å². The maximum absolute atomic E-state index is 11.0. The molecule has 0 aliphatic heterocycles. The monoisotopic (exact) mass is 247 g/mol. The Labute approximate surface area is 95.2 Å². The fourth-order valence-electron chi connectivity index (χ4n) is 1.46. The highest BCUT2D eigenvalue weighted by Gasteiger charge is 2.15. The van der Waals surface area contributed by atoms with Crippen LogP contribution in [-0.4, -0.2) is 46.4 Å². The molecule has 0 radical (unpaired) electrons. The second-order valence-electron chi connectivity index (χ2n) is 3.85. The van der Waals surface area contributed by atoms with E-state index in [0.717, 1.165) is 19.2 Å². The van der Waals surface area contributed by atoms with Crippen LogP contribution >= 0.6 is 0 Å². The van der Waals surface area contributed by atoms with Gasteiger partial charge in [0.05, 0.1) is 11.9 Å². The van der Waals surface area contributed by atoms with Crippen molar-refractivity contribution >= 4 is 9.84 Å². The molecule has 0 fully saturated rings. The predicted molar refractivity (Wildman–Crippen MR) is 59.7 cm³/mol. The van der Waals surface area contributed by atoms with Gasteiger partial charge < -0.3 is 5.11 Å².